The highest BCUT2D eigenvalue weighted by molar-refractivity contribution is 8.17. The first kappa shape index (κ1) is 19.8. The first-order valence-electron chi connectivity index (χ1n) is 8.95. The lowest BCUT2D eigenvalue weighted by molar-refractivity contribution is -0.138. The van der Waals surface area contributed by atoms with Gasteiger partial charge in [0, 0.05) is 12.8 Å². The second-order valence-electron chi connectivity index (χ2n) is 6.40. The van der Waals surface area contributed by atoms with E-state index in [-0.39, 0.29) is 16.9 Å². The second kappa shape index (κ2) is 8.85. The van der Waals surface area contributed by atoms with Gasteiger partial charge in [0.2, 0.25) is 0 Å². The van der Waals surface area contributed by atoms with E-state index >= 15 is 0 Å². The number of carbonyl (C=O) groups is 2. The zero-order valence-corrected chi connectivity index (χ0v) is 16.5. The first-order chi connectivity index (χ1) is 13.0. The lowest BCUT2D eigenvalue weighted by Crippen LogP contribution is -2.18. The summed E-state index contributed by atoms with van der Waals surface area (Å²) in [5.74, 6) is -0.0705. The van der Waals surface area contributed by atoms with E-state index in [0.717, 1.165) is 11.5 Å². The molecular weight excluding hydrogens is 380 g/mol. The Hall–Kier alpha value is -1.92. The Morgan fingerprint density at radius 1 is 0.741 bits per heavy atom. The molecule has 6 heteroatoms. The fourth-order valence-corrected chi connectivity index (χ4v) is 6.71. The van der Waals surface area contributed by atoms with Crippen molar-refractivity contribution in [2.75, 3.05) is 11.5 Å². The maximum atomic E-state index is 10.9. The van der Waals surface area contributed by atoms with Gasteiger partial charge >= 0.3 is 11.9 Å². The number of aliphatic carboxylic acids is 2. The van der Waals surface area contributed by atoms with Gasteiger partial charge in [-0.3, -0.25) is 9.59 Å². The van der Waals surface area contributed by atoms with Crippen molar-refractivity contribution in [3.8, 4) is 11.1 Å². The maximum absolute atomic E-state index is 10.9. The van der Waals surface area contributed by atoms with Crippen molar-refractivity contribution < 1.29 is 19.8 Å². The van der Waals surface area contributed by atoms with Crippen LogP contribution in [0.25, 0.3) is 11.1 Å². The minimum atomic E-state index is -0.772. The van der Waals surface area contributed by atoms with E-state index in [1.165, 1.54) is 22.3 Å². The van der Waals surface area contributed by atoms with Crippen molar-refractivity contribution in [2.24, 2.45) is 0 Å². The minimum absolute atomic E-state index is 0.163. The van der Waals surface area contributed by atoms with E-state index in [4.69, 9.17) is 10.2 Å². The van der Waals surface area contributed by atoms with Gasteiger partial charge in [-0.2, -0.15) is 0 Å². The third-order valence-electron chi connectivity index (χ3n) is 4.53. The summed E-state index contributed by atoms with van der Waals surface area (Å²) >= 11 is 3.54. The summed E-state index contributed by atoms with van der Waals surface area (Å²) < 4.78 is -0.315. The molecule has 1 aliphatic carbocycles. The van der Waals surface area contributed by atoms with Crippen molar-refractivity contribution in [1.82, 2.24) is 0 Å². The summed E-state index contributed by atoms with van der Waals surface area (Å²) in [5, 5.41) is 17.9. The lowest BCUT2D eigenvalue weighted by atomic mass is 10.1. The van der Waals surface area contributed by atoms with Gasteiger partial charge in [-0.15, -0.1) is 23.5 Å². The van der Waals surface area contributed by atoms with Crippen LogP contribution in [-0.2, 0) is 13.7 Å². The zero-order chi connectivity index (χ0) is 19.3. The highest BCUT2D eigenvalue weighted by Gasteiger charge is 2.43. The van der Waals surface area contributed by atoms with E-state index in [9.17, 15) is 9.59 Å². The predicted octanol–water partition coefficient (Wildman–Crippen LogP) is 5.06. The minimum Gasteiger partial charge on any atom is -0.481 e. The molecule has 142 valence electrons. The number of thioether (sulfide) groups is 2. The first-order valence-corrected chi connectivity index (χ1v) is 10.9. The number of benzene rings is 2. The SMILES string of the molecule is O=C(O)CCCSC1(SCCCC(=O)O)c2ccccc2-c2ccccc21. The fourth-order valence-electron chi connectivity index (χ4n) is 3.39. The molecule has 3 rings (SSSR count). The normalized spacial score (nSPS) is 13.8. The number of hydrogen-bond donors (Lipinski definition) is 2. The average Bonchev–Trinajstić information content (AvgIpc) is 2.93. The molecule has 0 saturated carbocycles. The van der Waals surface area contributed by atoms with E-state index in [1.807, 2.05) is 24.3 Å². The summed E-state index contributed by atoms with van der Waals surface area (Å²) in [7, 11) is 0. The highest BCUT2D eigenvalue weighted by atomic mass is 32.2. The van der Waals surface area contributed by atoms with Gasteiger partial charge in [-0.1, -0.05) is 48.5 Å². The summed E-state index contributed by atoms with van der Waals surface area (Å²) in [6.45, 7) is 0. The predicted molar refractivity (Wildman–Crippen MR) is 111 cm³/mol. The number of carboxylic acids is 2. The molecule has 0 spiro atoms. The van der Waals surface area contributed by atoms with Crippen LogP contribution in [0.5, 0.6) is 0 Å². The Morgan fingerprint density at radius 2 is 1.15 bits per heavy atom. The van der Waals surface area contributed by atoms with Crippen molar-refractivity contribution in [2.45, 2.75) is 29.8 Å². The molecule has 1 aliphatic rings. The molecular formula is C21H22O4S2. The molecule has 0 atom stereocenters. The number of carboxylic acid groups (broad SMARTS) is 2. The number of hydrogen-bond acceptors (Lipinski definition) is 4. The van der Waals surface area contributed by atoms with E-state index in [1.54, 1.807) is 23.5 Å². The van der Waals surface area contributed by atoms with Crippen LogP contribution in [0, 0.1) is 0 Å². The Morgan fingerprint density at radius 3 is 1.56 bits per heavy atom. The highest BCUT2D eigenvalue weighted by Crippen LogP contribution is 2.61. The summed E-state index contributed by atoms with van der Waals surface area (Å²) in [6.07, 6.45) is 1.55. The maximum Gasteiger partial charge on any atom is 0.303 e. The van der Waals surface area contributed by atoms with E-state index in [2.05, 4.69) is 24.3 Å². The van der Waals surface area contributed by atoms with Gasteiger partial charge in [0.25, 0.3) is 0 Å². The molecule has 0 heterocycles. The van der Waals surface area contributed by atoms with Crippen LogP contribution in [0.3, 0.4) is 0 Å². The van der Waals surface area contributed by atoms with Crippen LogP contribution >= 0.6 is 23.5 Å². The number of fused-ring (bicyclic) bond motifs is 3. The third-order valence-corrected chi connectivity index (χ3v) is 7.92. The van der Waals surface area contributed by atoms with Crippen molar-refractivity contribution in [1.29, 1.82) is 0 Å². The van der Waals surface area contributed by atoms with Crippen LogP contribution in [0.1, 0.15) is 36.8 Å². The largest absolute Gasteiger partial charge is 0.481 e. The lowest BCUT2D eigenvalue weighted by Gasteiger charge is -2.31. The fraction of sp³-hybridized carbons (Fsp3) is 0.333. The monoisotopic (exact) mass is 402 g/mol. The second-order valence-corrected chi connectivity index (χ2v) is 9.28. The van der Waals surface area contributed by atoms with Crippen LogP contribution in [0.15, 0.2) is 48.5 Å². The molecule has 2 aromatic carbocycles. The van der Waals surface area contributed by atoms with Gasteiger partial charge < -0.3 is 10.2 Å². The Balaban J connectivity index is 1.90. The Kier molecular flexibility index (Phi) is 6.50. The molecule has 2 N–H and O–H groups in total. The zero-order valence-electron chi connectivity index (χ0n) is 14.9. The van der Waals surface area contributed by atoms with Gasteiger partial charge in [0.15, 0.2) is 0 Å². The molecule has 2 aromatic rings. The molecule has 0 fully saturated rings. The van der Waals surface area contributed by atoms with E-state index in [0.29, 0.717) is 12.8 Å². The quantitative estimate of drug-likeness (QED) is 0.427. The van der Waals surface area contributed by atoms with Gasteiger partial charge in [-0.25, -0.2) is 0 Å². The molecule has 0 bridgehead atoms. The van der Waals surface area contributed by atoms with Gasteiger partial charge in [0.1, 0.15) is 4.08 Å². The van der Waals surface area contributed by atoms with E-state index < -0.39 is 11.9 Å². The third kappa shape index (κ3) is 4.33. The molecule has 0 unspecified atom stereocenters. The molecule has 4 nitrogen and oxygen atoms in total. The Bertz CT molecular complexity index is 765. The average molecular weight is 403 g/mol. The molecule has 0 amide bonds. The summed E-state index contributed by atoms with van der Waals surface area (Å²) in [6, 6.07) is 16.7. The molecule has 0 radical (unpaired) electrons. The van der Waals surface area contributed by atoms with Crippen molar-refractivity contribution >= 4 is 35.5 Å². The van der Waals surface area contributed by atoms with Gasteiger partial charge in [0.05, 0.1) is 0 Å². The standard InChI is InChI=1S/C21H22O4S2/c22-19(23)11-5-13-26-21(27-14-6-12-20(24)25)17-9-3-1-7-15(17)16-8-2-4-10-18(16)21/h1-4,7-10H,5-6,11-14H2,(H,22,23)(H,24,25). The van der Waals surface area contributed by atoms with Crippen LogP contribution in [-0.4, -0.2) is 33.7 Å². The van der Waals surface area contributed by atoms with Gasteiger partial charge in [-0.05, 0) is 46.6 Å². The van der Waals surface area contributed by atoms with Crippen LogP contribution < -0.4 is 0 Å². The molecule has 27 heavy (non-hydrogen) atoms. The summed E-state index contributed by atoms with van der Waals surface area (Å²) in [5.41, 5.74) is 4.88. The smallest absolute Gasteiger partial charge is 0.303 e. The molecule has 0 aliphatic heterocycles. The number of rotatable bonds is 10. The topological polar surface area (TPSA) is 74.6 Å². The Labute approximate surface area is 167 Å². The van der Waals surface area contributed by atoms with Crippen LogP contribution in [0.2, 0.25) is 0 Å². The van der Waals surface area contributed by atoms with Crippen molar-refractivity contribution in [3.05, 3.63) is 59.7 Å². The molecule has 0 saturated heterocycles. The molecule has 0 aromatic heterocycles. The van der Waals surface area contributed by atoms with Crippen LogP contribution in [0.4, 0.5) is 0 Å². The summed E-state index contributed by atoms with van der Waals surface area (Å²) in [4.78, 5) is 21.8. The van der Waals surface area contributed by atoms with Crippen molar-refractivity contribution in [3.63, 3.8) is 0 Å².